The molecule has 0 saturated carbocycles. The Hall–Kier alpha value is -0.650. The number of aromatic nitrogens is 2. The minimum atomic E-state index is 0.168. The summed E-state index contributed by atoms with van der Waals surface area (Å²) >= 11 is 11.0. The van der Waals surface area contributed by atoms with E-state index in [-0.39, 0.29) is 6.04 Å². The van der Waals surface area contributed by atoms with Gasteiger partial charge in [0, 0.05) is 21.7 Å². The van der Waals surface area contributed by atoms with Crippen molar-refractivity contribution in [2.75, 3.05) is 5.32 Å². The molecular weight excluding hydrogens is 310 g/mol. The van der Waals surface area contributed by atoms with E-state index in [1.165, 1.54) is 0 Å². The van der Waals surface area contributed by atoms with Gasteiger partial charge in [-0.05, 0) is 28.9 Å². The molecular formula is C10H9BrClN3S. The molecule has 3 nitrogen and oxygen atoms in total. The SMILES string of the molecule is CC(Nc1cc(Br)cnc1Cl)c1cncs1. The monoisotopic (exact) mass is 317 g/mol. The van der Waals surface area contributed by atoms with Crippen LogP contribution in [0.3, 0.4) is 0 Å². The zero-order valence-electron chi connectivity index (χ0n) is 8.45. The van der Waals surface area contributed by atoms with Gasteiger partial charge in [0.15, 0.2) is 5.15 Å². The molecule has 0 fully saturated rings. The van der Waals surface area contributed by atoms with Crippen molar-refractivity contribution in [1.82, 2.24) is 9.97 Å². The van der Waals surface area contributed by atoms with Crippen LogP contribution in [0.15, 0.2) is 28.4 Å². The van der Waals surface area contributed by atoms with Gasteiger partial charge >= 0.3 is 0 Å². The van der Waals surface area contributed by atoms with E-state index in [4.69, 9.17) is 11.6 Å². The van der Waals surface area contributed by atoms with Crippen LogP contribution in [-0.2, 0) is 0 Å². The van der Waals surface area contributed by atoms with Crippen LogP contribution in [0, 0.1) is 0 Å². The molecule has 0 aromatic carbocycles. The highest BCUT2D eigenvalue weighted by Crippen LogP contribution is 2.28. The Labute approximate surface area is 111 Å². The molecule has 2 aromatic rings. The van der Waals surface area contributed by atoms with Crippen LogP contribution < -0.4 is 5.32 Å². The molecule has 0 aliphatic carbocycles. The fourth-order valence-electron chi connectivity index (χ4n) is 1.27. The van der Waals surface area contributed by atoms with Gasteiger partial charge in [-0.2, -0.15) is 0 Å². The van der Waals surface area contributed by atoms with Crippen LogP contribution in [0.1, 0.15) is 17.8 Å². The number of hydrogen-bond acceptors (Lipinski definition) is 4. The molecule has 2 heterocycles. The lowest BCUT2D eigenvalue weighted by atomic mass is 10.3. The maximum Gasteiger partial charge on any atom is 0.152 e. The molecule has 1 unspecified atom stereocenters. The summed E-state index contributed by atoms with van der Waals surface area (Å²) in [7, 11) is 0. The maximum atomic E-state index is 6.00. The van der Waals surface area contributed by atoms with Crippen LogP contribution in [-0.4, -0.2) is 9.97 Å². The standard InChI is InChI=1S/C10H9BrClN3S/c1-6(9-4-13-5-16-9)15-8-2-7(11)3-14-10(8)12/h2-6,15H,1H3. The molecule has 2 rings (SSSR count). The van der Waals surface area contributed by atoms with Gasteiger partial charge in [-0.3, -0.25) is 4.98 Å². The third-order valence-corrected chi connectivity index (χ3v) is 3.75. The molecule has 0 aliphatic heterocycles. The average Bonchev–Trinajstić information content (AvgIpc) is 2.76. The van der Waals surface area contributed by atoms with Crippen LogP contribution in [0.5, 0.6) is 0 Å². The normalized spacial score (nSPS) is 12.4. The van der Waals surface area contributed by atoms with Crippen LogP contribution in [0.4, 0.5) is 5.69 Å². The van der Waals surface area contributed by atoms with E-state index in [9.17, 15) is 0 Å². The lowest BCUT2D eigenvalue weighted by Gasteiger charge is -2.14. The summed E-state index contributed by atoms with van der Waals surface area (Å²) in [4.78, 5) is 9.27. The molecule has 1 N–H and O–H groups in total. The molecule has 0 saturated heterocycles. The van der Waals surface area contributed by atoms with Gasteiger partial charge in [0.2, 0.25) is 0 Å². The van der Waals surface area contributed by atoms with Gasteiger partial charge in [-0.15, -0.1) is 11.3 Å². The Morgan fingerprint density at radius 1 is 1.50 bits per heavy atom. The number of nitrogens with one attached hydrogen (secondary N) is 1. The Morgan fingerprint density at radius 2 is 2.31 bits per heavy atom. The average molecular weight is 319 g/mol. The second-order valence-electron chi connectivity index (χ2n) is 3.26. The highest BCUT2D eigenvalue weighted by molar-refractivity contribution is 9.10. The first kappa shape index (κ1) is 11.8. The minimum Gasteiger partial charge on any atom is -0.375 e. The van der Waals surface area contributed by atoms with Gasteiger partial charge in [0.1, 0.15) is 0 Å². The van der Waals surface area contributed by atoms with Gasteiger partial charge in [-0.25, -0.2) is 4.98 Å². The Kier molecular flexibility index (Phi) is 3.78. The second-order valence-corrected chi connectivity index (χ2v) is 5.45. The van der Waals surface area contributed by atoms with E-state index in [1.54, 1.807) is 17.5 Å². The highest BCUT2D eigenvalue weighted by atomic mass is 79.9. The Balaban J connectivity index is 2.17. The molecule has 16 heavy (non-hydrogen) atoms. The third kappa shape index (κ3) is 2.72. The van der Waals surface area contributed by atoms with Gasteiger partial charge < -0.3 is 5.32 Å². The lowest BCUT2D eigenvalue weighted by Crippen LogP contribution is -2.05. The van der Waals surface area contributed by atoms with Gasteiger partial charge in [0.25, 0.3) is 0 Å². The molecule has 1 atom stereocenters. The second kappa shape index (κ2) is 5.12. The van der Waals surface area contributed by atoms with E-state index in [2.05, 4.69) is 38.1 Å². The predicted molar refractivity (Wildman–Crippen MR) is 71.1 cm³/mol. The Bertz CT molecular complexity index is 475. The quantitative estimate of drug-likeness (QED) is 0.865. The van der Waals surface area contributed by atoms with E-state index in [0.717, 1.165) is 15.0 Å². The van der Waals surface area contributed by atoms with Gasteiger partial charge in [-0.1, -0.05) is 11.6 Å². The number of hydrogen-bond donors (Lipinski definition) is 1. The summed E-state index contributed by atoms with van der Waals surface area (Å²) in [6, 6.07) is 2.08. The molecule has 0 radical (unpaired) electrons. The number of nitrogens with zero attached hydrogens (tertiary/aromatic N) is 2. The zero-order valence-corrected chi connectivity index (χ0v) is 11.6. The molecule has 0 bridgehead atoms. The first-order valence-electron chi connectivity index (χ1n) is 4.63. The largest absolute Gasteiger partial charge is 0.375 e. The van der Waals surface area contributed by atoms with E-state index in [0.29, 0.717) is 5.15 Å². The van der Waals surface area contributed by atoms with Crippen LogP contribution in [0.2, 0.25) is 5.15 Å². The number of pyridine rings is 1. The summed E-state index contributed by atoms with van der Waals surface area (Å²) in [5.74, 6) is 0. The lowest BCUT2D eigenvalue weighted by molar-refractivity contribution is 0.901. The van der Waals surface area contributed by atoms with Crippen molar-refractivity contribution < 1.29 is 0 Å². The van der Waals surface area contributed by atoms with E-state index < -0.39 is 0 Å². The van der Waals surface area contributed by atoms with Crippen molar-refractivity contribution in [3.05, 3.63) is 38.5 Å². The first-order chi connectivity index (χ1) is 7.66. The van der Waals surface area contributed by atoms with Crippen molar-refractivity contribution in [2.24, 2.45) is 0 Å². The Morgan fingerprint density at radius 3 is 3.00 bits per heavy atom. The molecule has 0 amide bonds. The molecule has 6 heteroatoms. The fraction of sp³-hybridized carbons (Fsp3) is 0.200. The first-order valence-corrected chi connectivity index (χ1v) is 6.68. The van der Waals surface area contributed by atoms with E-state index >= 15 is 0 Å². The van der Waals surface area contributed by atoms with Crippen LogP contribution >= 0.6 is 38.9 Å². The number of halogens is 2. The number of anilines is 1. The molecule has 84 valence electrons. The van der Waals surface area contributed by atoms with Crippen molar-refractivity contribution >= 4 is 44.6 Å². The summed E-state index contributed by atoms with van der Waals surface area (Å²) in [6.07, 6.45) is 3.52. The van der Waals surface area contributed by atoms with Gasteiger partial charge in [0.05, 0.1) is 17.2 Å². The number of rotatable bonds is 3. The van der Waals surface area contributed by atoms with Crippen molar-refractivity contribution in [2.45, 2.75) is 13.0 Å². The summed E-state index contributed by atoms with van der Waals surface area (Å²) in [5.41, 5.74) is 2.63. The van der Waals surface area contributed by atoms with Crippen LogP contribution in [0.25, 0.3) is 0 Å². The summed E-state index contributed by atoms with van der Waals surface area (Å²) < 4.78 is 0.899. The minimum absolute atomic E-state index is 0.168. The van der Waals surface area contributed by atoms with E-state index in [1.807, 2.05) is 17.8 Å². The molecule has 2 aromatic heterocycles. The predicted octanol–water partition coefficient (Wildman–Crippen LogP) is 4.13. The summed E-state index contributed by atoms with van der Waals surface area (Å²) in [6.45, 7) is 2.06. The summed E-state index contributed by atoms with van der Waals surface area (Å²) in [5, 5.41) is 3.77. The fourth-order valence-corrected chi connectivity index (χ4v) is 2.39. The maximum absolute atomic E-state index is 6.00. The topological polar surface area (TPSA) is 37.8 Å². The third-order valence-electron chi connectivity index (χ3n) is 2.06. The highest BCUT2D eigenvalue weighted by Gasteiger charge is 2.09. The van der Waals surface area contributed by atoms with Crippen molar-refractivity contribution in [3.63, 3.8) is 0 Å². The molecule has 0 spiro atoms. The molecule has 0 aliphatic rings. The smallest absolute Gasteiger partial charge is 0.152 e. The van der Waals surface area contributed by atoms with Crippen molar-refractivity contribution in [1.29, 1.82) is 0 Å². The number of thiazole rings is 1. The van der Waals surface area contributed by atoms with Crippen molar-refractivity contribution in [3.8, 4) is 0 Å². The zero-order chi connectivity index (χ0) is 11.5.